The molecule has 0 aliphatic heterocycles. The molecule has 0 saturated heterocycles. The zero-order valence-electron chi connectivity index (χ0n) is 14.4. The van der Waals surface area contributed by atoms with E-state index in [2.05, 4.69) is 20.6 Å². The van der Waals surface area contributed by atoms with Crippen molar-refractivity contribution >= 4 is 29.1 Å². The van der Waals surface area contributed by atoms with Gasteiger partial charge >= 0.3 is 6.18 Å². The Bertz CT molecular complexity index is 811. The van der Waals surface area contributed by atoms with E-state index in [1.54, 1.807) is 6.92 Å². The molecule has 0 aliphatic rings. The fourth-order valence-electron chi connectivity index (χ4n) is 2.12. The minimum Gasteiger partial charge on any atom is -0.348 e. The average molecular weight is 387 g/mol. The molecule has 2 aromatic rings. The largest absolute Gasteiger partial charge is 0.418 e. The molecule has 0 fully saturated rings. The molecule has 9 heteroatoms. The second-order valence-corrected chi connectivity index (χ2v) is 6.25. The van der Waals surface area contributed by atoms with Gasteiger partial charge in [-0.3, -0.25) is 4.79 Å². The second-order valence-electron chi connectivity index (χ2n) is 5.81. The fraction of sp³-hybridized carbons (Fsp3) is 0.353. The van der Waals surface area contributed by atoms with E-state index in [9.17, 15) is 18.0 Å². The van der Waals surface area contributed by atoms with Gasteiger partial charge in [-0.1, -0.05) is 18.5 Å². The summed E-state index contributed by atoms with van der Waals surface area (Å²) in [4.78, 5) is 20.3. The van der Waals surface area contributed by atoms with Crippen molar-refractivity contribution in [1.29, 1.82) is 0 Å². The number of benzene rings is 1. The van der Waals surface area contributed by atoms with Gasteiger partial charge in [0.2, 0.25) is 5.95 Å². The molecule has 2 rings (SSSR count). The number of amides is 1. The quantitative estimate of drug-likeness (QED) is 0.779. The van der Waals surface area contributed by atoms with Gasteiger partial charge < -0.3 is 10.6 Å². The minimum absolute atomic E-state index is 0.0401. The lowest BCUT2D eigenvalue weighted by atomic mass is 10.1. The average Bonchev–Trinajstić information content (AvgIpc) is 2.54. The van der Waals surface area contributed by atoms with Gasteiger partial charge in [-0.2, -0.15) is 13.2 Å². The molecule has 2 N–H and O–H groups in total. The predicted octanol–water partition coefficient (Wildman–Crippen LogP) is 4.73. The predicted molar refractivity (Wildman–Crippen MR) is 93.7 cm³/mol. The molecule has 1 heterocycles. The van der Waals surface area contributed by atoms with Crippen LogP contribution in [0.3, 0.4) is 0 Å². The summed E-state index contributed by atoms with van der Waals surface area (Å²) in [5.41, 5.74) is -0.677. The molecule has 0 bridgehead atoms. The van der Waals surface area contributed by atoms with Crippen molar-refractivity contribution in [2.75, 3.05) is 5.32 Å². The van der Waals surface area contributed by atoms with Gasteiger partial charge in [-0.15, -0.1) is 0 Å². The summed E-state index contributed by atoms with van der Waals surface area (Å²) in [7, 11) is 0. The van der Waals surface area contributed by atoms with Crippen molar-refractivity contribution in [2.45, 2.75) is 39.4 Å². The summed E-state index contributed by atoms with van der Waals surface area (Å²) >= 11 is 5.67. The maximum atomic E-state index is 13.2. The lowest BCUT2D eigenvalue weighted by molar-refractivity contribution is -0.136. The molecular formula is C17H18ClF3N4O. The summed E-state index contributed by atoms with van der Waals surface area (Å²) in [5.74, 6) is -0.521. The van der Waals surface area contributed by atoms with Gasteiger partial charge in [0.25, 0.3) is 5.91 Å². The van der Waals surface area contributed by atoms with Crippen LogP contribution in [0.4, 0.5) is 24.8 Å². The van der Waals surface area contributed by atoms with Crippen molar-refractivity contribution in [3.63, 3.8) is 0 Å². The first kappa shape index (κ1) is 20.0. The van der Waals surface area contributed by atoms with Crippen LogP contribution in [0.2, 0.25) is 5.02 Å². The number of aryl methyl sites for hydroxylation is 1. The van der Waals surface area contributed by atoms with E-state index in [-0.39, 0.29) is 28.4 Å². The number of carbonyl (C=O) groups is 1. The van der Waals surface area contributed by atoms with E-state index in [1.165, 1.54) is 18.2 Å². The maximum absolute atomic E-state index is 13.2. The number of anilines is 2. The molecule has 1 amide bonds. The summed E-state index contributed by atoms with van der Waals surface area (Å²) in [6.07, 6.45) is -3.87. The summed E-state index contributed by atoms with van der Waals surface area (Å²) in [6.45, 7) is 5.39. The van der Waals surface area contributed by atoms with Crippen LogP contribution in [-0.4, -0.2) is 21.9 Å². The zero-order chi connectivity index (χ0) is 19.5. The first-order chi connectivity index (χ1) is 12.1. The van der Waals surface area contributed by atoms with Gasteiger partial charge in [0, 0.05) is 16.8 Å². The smallest absolute Gasteiger partial charge is 0.348 e. The van der Waals surface area contributed by atoms with Crippen molar-refractivity contribution < 1.29 is 18.0 Å². The Hall–Kier alpha value is -2.35. The van der Waals surface area contributed by atoms with E-state index in [4.69, 9.17) is 11.6 Å². The molecule has 1 aromatic carbocycles. The third-order valence-corrected chi connectivity index (χ3v) is 3.85. The van der Waals surface area contributed by atoms with Crippen molar-refractivity contribution in [3.8, 4) is 0 Å². The minimum atomic E-state index is -4.60. The first-order valence-corrected chi connectivity index (χ1v) is 8.28. The van der Waals surface area contributed by atoms with Gasteiger partial charge in [-0.05, 0) is 44.5 Å². The van der Waals surface area contributed by atoms with Crippen molar-refractivity contribution in [3.05, 3.63) is 46.2 Å². The SMILES string of the molecule is CCC(C)NC(=O)c1cc(C)nc(Nc2ccc(Cl)cc2C(F)(F)F)n1. The van der Waals surface area contributed by atoms with Crippen LogP contribution >= 0.6 is 11.6 Å². The molecule has 5 nitrogen and oxygen atoms in total. The number of rotatable bonds is 5. The summed E-state index contributed by atoms with van der Waals surface area (Å²) in [5, 5.41) is 5.24. The Morgan fingerprint density at radius 3 is 2.58 bits per heavy atom. The molecular weight excluding hydrogens is 369 g/mol. The molecule has 26 heavy (non-hydrogen) atoms. The Morgan fingerprint density at radius 1 is 1.27 bits per heavy atom. The summed E-state index contributed by atoms with van der Waals surface area (Å²) < 4.78 is 39.6. The number of aromatic nitrogens is 2. The second kappa shape index (κ2) is 7.90. The standard InChI is InChI=1S/C17H18ClF3N4O/c1-4-9(2)22-15(26)14-7-10(3)23-16(25-14)24-13-6-5-11(18)8-12(13)17(19,20)21/h5-9H,4H2,1-3H3,(H,22,26)(H,23,24,25). The molecule has 0 spiro atoms. The molecule has 1 unspecified atom stereocenters. The Labute approximate surface area is 154 Å². The number of hydrogen-bond donors (Lipinski definition) is 2. The van der Waals surface area contributed by atoms with Gasteiger partial charge in [0.15, 0.2) is 0 Å². The van der Waals surface area contributed by atoms with Gasteiger partial charge in [0.05, 0.1) is 11.3 Å². The highest BCUT2D eigenvalue weighted by molar-refractivity contribution is 6.30. The third-order valence-electron chi connectivity index (χ3n) is 3.61. The van der Waals surface area contributed by atoms with Gasteiger partial charge in [-0.25, -0.2) is 9.97 Å². The van der Waals surface area contributed by atoms with Crippen LogP contribution in [0.5, 0.6) is 0 Å². The zero-order valence-corrected chi connectivity index (χ0v) is 15.2. The van der Waals surface area contributed by atoms with Crippen LogP contribution in [0.1, 0.15) is 42.0 Å². The molecule has 0 saturated carbocycles. The molecule has 1 aromatic heterocycles. The van der Waals surface area contributed by atoms with Crippen LogP contribution in [0, 0.1) is 6.92 Å². The van der Waals surface area contributed by atoms with Crippen molar-refractivity contribution in [1.82, 2.24) is 15.3 Å². The number of alkyl halides is 3. The van der Waals surface area contributed by atoms with E-state index >= 15 is 0 Å². The van der Waals surface area contributed by atoms with Crippen LogP contribution in [0.25, 0.3) is 0 Å². The third kappa shape index (κ3) is 5.08. The number of carbonyl (C=O) groups excluding carboxylic acids is 1. The number of nitrogens with one attached hydrogen (secondary N) is 2. The highest BCUT2D eigenvalue weighted by Gasteiger charge is 2.34. The van der Waals surface area contributed by atoms with Crippen LogP contribution in [0.15, 0.2) is 24.3 Å². The van der Waals surface area contributed by atoms with E-state index < -0.39 is 17.6 Å². The van der Waals surface area contributed by atoms with E-state index in [0.717, 1.165) is 12.5 Å². The normalized spacial score (nSPS) is 12.6. The Morgan fingerprint density at radius 2 is 1.96 bits per heavy atom. The number of halogens is 4. The van der Waals surface area contributed by atoms with Crippen LogP contribution < -0.4 is 10.6 Å². The van der Waals surface area contributed by atoms with E-state index in [0.29, 0.717) is 5.69 Å². The Balaban J connectivity index is 2.35. The number of nitrogens with zero attached hydrogens (tertiary/aromatic N) is 2. The summed E-state index contributed by atoms with van der Waals surface area (Å²) in [6, 6.07) is 4.75. The molecule has 140 valence electrons. The fourth-order valence-corrected chi connectivity index (χ4v) is 2.29. The van der Waals surface area contributed by atoms with Crippen LogP contribution in [-0.2, 0) is 6.18 Å². The van der Waals surface area contributed by atoms with Gasteiger partial charge in [0.1, 0.15) is 5.69 Å². The molecule has 1 atom stereocenters. The van der Waals surface area contributed by atoms with E-state index in [1.807, 2.05) is 13.8 Å². The first-order valence-electron chi connectivity index (χ1n) is 7.90. The molecule has 0 radical (unpaired) electrons. The highest BCUT2D eigenvalue weighted by atomic mass is 35.5. The highest BCUT2D eigenvalue weighted by Crippen LogP contribution is 2.37. The lowest BCUT2D eigenvalue weighted by Crippen LogP contribution is -2.32. The number of hydrogen-bond acceptors (Lipinski definition) is 4. The monoisotopic (exact) mass is 386 g/mol. The topological polar surface area (TPSA) is 66.9 Å². The maximum Gasteiger partial charge on any atom is 0.418 e. The van der Waals surface area contributed by atoms with Crippen molar-refractivity contribution in [2.24, 2.45) is 0 Å². The lowest BCUT2D eigenvalue weighted by Gasteiger charge is -2.15. The Kier molecular flexibility index (Phi) is 6.07. The molecule has 0 aliphatic carbocycles.